The Bertz CT molecular complexity index is 708. The van der Waals surface area contributed by atoms with Gasteiger partial charge in [0.2, 0.25) is 0 Å². The molecule has 1 heterocycles. The summed E-state index contributed by atoms with van der Waals surface area (Å²) in [6.07, 6.45) is 0. The first-order chi connectivity index (χ1) is 10.3. The van der Waals surface area contributed by atoms with Crippen LogP contribution in [0.1, 0.15) is 0 Å². The number of benzene rings is 2. The maximum absolute atomic E-state index is 5.16. The molecule has 0 atom stereocenters. The molecule has 0 radical (unpaired) electrons. The lowest BCUT2D eigenvalue weighted by molar-refractivity contribution is 0.414. The topological polar surface area (TPSA) is 56.1 Å². The molecule has 0 spiro atoms. The van der Waals surface area contributed by atoms with Crippen molar-refractivity contribution >= 4 is 11.6 Å². The third kappa shape index (κ3) is 2.55. The van der Waals surface area contributed by atoms with Crippen molar-refractivity contribution in [1.82, 2.24) is 20.2 Å². The summed E-state index contributed by atoms with van der Waals surface area (Å²) < 4.78 is 6.85. The van der Waals surface area contributed by atoms with Gasteiger partial charge in [-0.1, -0.05) is 23.3 Å². The van der Waals surface area contributed by atoms with Crippen molar-refractivity contribution in [2.45, 2.75) is 0 Å². The highest BCUT2D eigenvalue weighted by Crippen LogP contribution is 2.23. The van der Waals surface area contributed by atoms with E-state index in [-0.39, 0.29) is 0 Å². The molecule has 0 saturated carbocycles. The highest BCUT2D eigenvalue weighted by molar-refractivity contribution is 5.57. The van der Waals surface area contributed by atoms with E-state index >= 15 is 0 Å². The van der Waals surface area contributed by atoms with Gasteiger partial charge in [-0.2, -0.15) is 4.68 Å². The SMILES string of the molecule is COc1ccc(-n2nnnc2N(C)c2ccccc2)cc1. The van der Waals surface area contributed by atoms with Gasteiger partial charge in [-0.25, -0.2) is 0 Å². The van der Waals surface area contributed by atoms with Gasteiger partial charge in [0.25, 0.3) is 5.95 Å². The Morgan fingerprint density at radius 1 is 1.00 bits per heavy atom. The molecule has 0 aliphatic rings. The fourth-order valence-corrected chi connectivity index (χ4v) is 2.05. The van der Waals surface area contributed by atoms with Gasteiger partial charge in [0.05, 0.1) is 12.8 Å². The van der Waals surface area contributed by atoms with Crippen LogP contribution in [0, 0.1) is 0 Å². The molecule has 6 heteroatoms. The monoisotopic (exact) mass is 281 g/mol. The number of para-hydroxylation sites is 1. The molecule has 0 unspecified atom stereocenters. The number of rotatable bonds is 4. The van der Waals surface area contributed by atoms with Crippen LogP contribution in [0.15, 0.2) is 54.6 Å². The summed E-state index contributed by atoms with van der Waals surface area (Å²) in [5.74, 6) is 1.44. The molecule has 2 aromatic carbocycles. The average Bonchev–Trinajstić information content (AvgIpc) is 3.04. The maximum Gasteiger partial charge on any atom is 0.254 e. The number of ether oxygens (including phenoxy) is 1. The fourth-order valence-electron chi connectivity index (χ4n) is 2.05. The summed E-state index contributed by atoms with van der Waals surface area (Å²) in [5, 5.41) is 11.9. The minimum absolute atomic E-state index is 0.645. The molecule has 106 valence electrons. The van der Waals surface area contributed by atoms with Gasteiger partial charge in [-0.3, -0.25) is 0 Å². The smallest absolute Gasteiger partial charge is 0.254 e. The van der Waals surface area contributed by atoms with E-state index in [0.717, 1.165) is 17.1 Å². The molecule has 0 saturated heterocycles. The first-order valence-corrected chi connectivity index (χ1v) is 6.51. The van der Waals surface area contributed by atoms with Crippen LogP contribution in [0.25, 0.3) is 5.69 Å². The average molecular weight is 281 g/mol. The second kappa shape index (κ2) is 5.62. The van der Waals surface area contributed by atoms with Crippen LogP contribution in [0.4, 0.5) is 11.6 Å². The van der Waals surface area contributed by atoms with Gasteiger partial charge in [-0.05, 0) is 46.8 Å². The normalized spacial score (nSPS) is 10.4. The number of tetrazole rings is 1. The van der Waals surface area contributed by atoms with Crippen LogP contribution in [0.5, 0.6) is 5.75 Å². The molecule has 1 aromatic heterocycles. The maximum atomic E-state index is 5.16. The fraction of sp³-hybridized carbons (Fsp3) is 0.133. The predicted octanol–water partition coefficient (Wildman–Crippen LogP) is 2.44. The number of methoxy groups -OCH3 is 1. The second-order valence-electron chi connectivity index (χ2n) is 4.48. The molecule has 3 rings (SSSR count). The minimum Gasteiger partial charge on any atom is -0.497 e. The van der Waals surface area contributed by atoms with Gasteiger partial charge >= 0.3 is 0 Å². The molecular weight excluding hydrogens is 266 g/mol. The molecule has 6 nitrogen and oxygen atoms in total. The number of hydrogen-bond acceptors (Lipinski definition) is 5. The lowest BCUT2D eigenvalue weighted by Gasteiger charge is -2.17. The molecule has 3 aromatic rings. The highest BCUT2D eigenvalue weighted by atomic mass is 16.5. The van der Waals surface area contributed by atoms with Crippen LogP contribution in [-0.4, -0.2) is 34.4 Å². The van der Waals surface area contributed by atoms with Crippen LogP contribution in [0.2, 0.25) is 0 Å². The Balaban J connectivity index is 1.96. The van der Waals surface area contributed by atoms with E-state index in [9.17, 15) is 0 Å². The van der Waals surface area contributed by atoms with Crippen LogP contribution in [-0.2, 0) is 0 Å². The summed E-state index contributed by atoms with van der Waals surface area (Å²) in [5.41, 5.74) is 1.89. The quantitative estimate of drug-likeness (QED) is 0.735. The lowest BCUT2D eigenvalue weighted by atomic mass is 10.3. The molecule has 0 N–H and O–H groups in total. The zero-order chi connectivity index (χ0) is 14.7. The van der Waals surface area contributed by atoms with E-state index in [0.29, 0.717) is 5.95 Å². The number of nitrogens with zero attached hydrogens (tertiary/aromatic N) is 5. The Morgan fingerprint density at radius 2 is 1.71 bits per heavy atom. The van der Waals surface area contributed by atoms with Crippen LogP contribution in [0.3, 0.4) is 0 Å². The van der Waals surface area contributed by atoms with Crippen molar-refractivity contribution in [3.05, 3.63) is 54.6 Å². The molecule has 21 heavy (non-hydrogen) atoms. The van der Waals surface area contributed by atoms with E-state index < -0.39 is 0 Å². The zero-order valence-electron chi connectivity index (χ0n) is 11.8. The van der Waals surface area contributed by atoms with Crippen molar-refractivity contribution in [1.29, 1.82) is 0 Å². The van der Waals surface area contributed by atoms with Crippen LogP contribution >= 0.6 is 0 Å². The molecule has 0 aliphatic heterocycles. The molecule has 0 amide bonds. The predicted molar refractivity (Wildman–Crippen MR) is 80.2 cm³/mol. The third-order valence-corrected chi connectivity index (χ3v) is 3.21. The summed E-state index contributed by atoms with van der Waals surface area (Å²) in [4.78, 5) is 1.93. The summed E-state index contributed by atoms with van der Waals surface area (Å²) >= 11 is 0. The lowest BCUT2D eigenvalue weighted by Crippen LogP contribution is -2.15. The summed E-state index contributed by atoms with van der Waals surface area (Å²) in [6.45, 7) is 0. The standard InChI is InChI=1S/C15H15N5O/c1-19(12-6-4-3-5-7-12)15-16-17-18-20(15)13-8-10-14(21-2)11-9-13/h3-11H,1-2H3. The van der Waals surface area contributed by atoms with Crippen molar-refractivity contribution in [2.75, 3.05) is 19.1 Å². The van der Waals surface area contributed by atoms with Crippen molar-refractivity contribution in [3.8, 4) is 11.4 Å². The molecule has 0 fully saturated rings. The van der Waals surface area contributed by atoms with E-state index in [4.69, 9.17) is 4.74 Å². The third-order valence-electron chi connectivity index (χ3n) is 3.21. The van der Waals surface area contributed by atoms with Gasteiger partial charge < -0.3 is 9.64 Å². The molecule has 0 aliphatic carbocycles. The second-order valence-corrected chi connectivity index (χ2v) is 4.48. The number of hydrogen-bond donors (Lipinski definition) is 0. The van der Waals surface area contributed by atoms with E-state index in [1.807, 2.05) is 66.5 Å². The van der Waals surface area contributed by atoms with Gasteiger partial charge in [-0.15, -0.1) is 0 Å². The van der Waals surface area contributed by atoms with Gasteiger partial charge in [0, 0.05) is 12.7 Å². The highest BCUT2D eigenvalue weighted by Gasteiger charge is 2.14. The van der Waals surface area contributed by atoms with Crippen LogP contribution < -0.4 is 9.64 Å². The van der Waals surface area contributed by atoms with Gasteiger partial charge in [0.1, 0.15) is 5.75 Å². The first-order valence-electron chi connectivity index (χ1n) is 6.51. The van der Waals surface area contributed by atoms with Gasteiger partial charge in [0.15, 0.2) is 0 Å². The molecule has 0 bridgehead atoms. The minimum atomic E-state index is 0.645. The number of aromatic nitrogens is 4. The summed E-state index contributed by atoms with van der Waals surface area (Å²) in [6, 6.07) is 17.5. The Labute approximate surface area is 122 Å². The number of anilines is 2. The van der Waals surface area contributed by atoms with E-state index in [1.165, 1.54) is 0 Å². The Morgan fingerprint density at radius 3 is 2.38 bits per heavy atom. The first kappa shape index (κ1) is 13.1. The Kier molecular flexibility index (Phi) is 3.51. The van der Waals surface area contributed by atoms with Crippen molar-refractivity contribution < 1.29 is 4.74 Å². The summed E-state index contributed by atoms with van der Waals surface area (Å²) in [7, 11) is 3.57. The Hall–Kier alpha value is -2.89. The van der Waals surface area contributed by atoms with Crippen molar-refractivity contribution in [2.24, 2.45) is 0 Å². The largest absolute Gasteiger partial charge is 0.497 e. The molecular formula is C15H15N5O. The zero-order valence-corrected chi connectivity index (χ0v) is 11.8. The van der Waals surface area contributed by atoms with E-state index in [2.05, 4.69) is 15.5 Å². The van der Waals surface area contributed by atoms with Crippen molar-refractivity contribution in [3.63, 3.8) is 0 Å². The van der Waals surface area contributed by atoms with E-state index in [1.54, 1.807) is 11.8 Å².